The van der Waals surface area contributed by atoms with E-state index in [9.17, 15) is 0 Å². The fraction of sp³-hybridized carbons (Fsp3) is 0.294. The quantitative estimate of drug-likeness (QED) is 0.865. The smallest absolute Gasteiger partial charge is 0.0601 e. The normalized spacial score (nSPS) is 16.1. The van der Waals surface area contributed by atoms with Crippen LogP contribution < -0.4 is 10.6 Å². The minimum atomic E-state index is 0.848. The molecule has 1 saturated heterocycles. The van der Waals surface area contributed by atoms with Crippen LogP contribution >= 0.6 is 15.9 Å². The molecule has 1 aliphatic rings. The van der Waals surface area contributed by atoms with Gasteiger partial charge in [0.05, 0.1) is 11.4 Å². The fourth-order valence-electron chi connectivity index (χ4n) is 2.80. The number of halogens is 1. The van der Waals surface area contributed by atoms with Gasteiger partial charge in [-0.15, -0.1) is 0 Å². The van der Waals surface area contributed by atoms with Crippen LogP contribution in [0.15, 0.2) is 53.0 Å². The molecule has 3 rings (SSSR count). The lowest BCUT2D eigenvalue weighted by Gasteiger charge is -2.36. The summed E-state index contributed by atoms with van der Waals surface area (Å²) in [6, 6.07) is 16.8. The van der Waals surface area contributed by atoms with Crippen LogP contribution in [0.3, 0.4) is 0 Å². The maximum absolute atomic E-state index is 6.13. The Morgan fingerprint density at radius 1 is 0.952 bits per heavy atom. The van der Waals surface area contributed by atoms with Crippen LogP contribution in [-0.2, 0) is 6.54 Å². The van der Waals surface area contributed by atoms with Crippen LogP contribution in [-0.4, -0.2) is 31.1 Å². The molecule has 0 spiro atoms. The van der Waals surface area contributed by atoms with E-state index in [1.165, 1.54) is 5.56 Å². The van der Waals surface area contributed by atoms with Gasteiger partial charge in [0.1, 0.15) is 0 Å². The topological polar surface area (TPSA) is 32.5 Å². The Labute approximate surface area is 134 Å². The summed E-state index contributed by atoms with van der Waals surface area (Å²) in [6.45, 7) is 5.23. The molecule has 0 atom stereocenters. The van der Waals surface area contributed by atoms with Gasteiger partial charge in [-0.05, 0) is 23.8 Å². The Bertz CT molecular complexity index is 592. The minimum absolute atomic E-state index is 0.848. The predicted molar refractivity (Wildman–Crippen MR) is 92.5 cm³/mol. The lowest BCUT2D eigenvalue weighted by atomic mass is 10.2. The maximum atomic E-state index is 6.13. The highest BCUT2D eigenvalue weighted by Crippen LogP contribution is 2.27. The summed E-state index contributed by atoms with van der Waals surface area (Å²) in [5.74, 6) is 0. The second kappa shape index (κ2) is 6.50. The van der Waals surface area contributed by atoms with Crippen molar-refractivity contribution in [1.82, 2.24) is 4.90 Å². The average Bonchev–Trinajstić information content (AvgIpc) is 2.49. The van der Waals surface area contributed by atoms with Crippen LogP contribution in [0.25, 0.3) is 0 Å². The number of piperazine rings is 1. The molecule has 2 aromatic carbocycles. The first kappa shape index (κ1) is 14.4. The fourth-order valence-corrected chi connectivity index (χ4v) is 3.18. The van der Waals surface area contributed by atoms with Crippen LogP contribution in [0, 0.1) is 0 Å². The standard InChI is InChI=1S/C17H20BrN3/c18-15-6-7-17(16(19)12-15)21-10-8-20(9-11-21)13-14-4-2-1-3-5-14/h1-7,12H,8-11,13,19H2. The van der Waals surface area contributed by atoms with Crippen molar-refractivity contribution in [1.29, 1.82) is 0 Å². The summed E-state index contributed by atoms with van der Waals surface area (Å²) in [5, 5.41) is 0. The summed E-state index contributed by atoms with van der Waals surface area (Å²) in [7, 11) is 0. The van der Waals surface area contributed by atoms with Crippen molar-refractivity contribution in [3.63, 3.8) is 0 Å². The van der Waals surface area contributed by atoms with E-state index in [-0.39, 0.29) is 0 Å². The van der Waals surface area contributed by atoms with Crippen molar-refractivity contribution in [2.75, 3.05) is 36.8 Å². The number of hydrogen-bond donors (Lipinski definition) is 1. The Morgan fingerprint density at radius 3 is 2.33 bits per heavy atom. The second-order valence-corrected chi connectivity index (χ2v) is 6.37. The zero-order valence-corrected chi connectivity index (χ0v) is 13.6. The number of nitrogens with two attached hydrogens (primary N) is 1. The summed E-state index contributed by atoms with van der Waals surface area (Å²) >= 11 is 3.46. The molecule has 1 fully saturated rings. The second-order valence-electron chi connectivity index (χ2n) is 5.45. The van der Waals surface area contributed by atoms with Gasteiger partial charge in [0.25, 0.3) is 0 Å². The van der Waals surface area contributed by atoms with E-state index in [1.54, 1.807) is 0 Å². The SMILES string of the molecule is Nc1cc(Br)ccc1N1CCN(Cc2ccccc2)CC1. The minimum Gasteiger partial charge on any atom is -0.397 e. The van der Waals surface area contributed by atoms with Gasteiger partial charge in [0, 0.05) is 37.2 Å². The van der Waals surface area contributed by atoms with E-state index in [4.69, 9.17) is 5.73 Å². The first-order valence-electron chi connectivity index (χ1n) is 7.28. The van der Waals surface area contributed by atoms with E-state index < -0.39 is 0 Å². The van der Waals surface area contributed by atoms with Gasteiger partial charge < -0.3 is 10.6 Å². The van der Waals surface area contributed by atoms with Crippen molar-refractivity contribution >= 4 is 27.3 Å². The molecule has 3 nitrogen and oxygen atoms in total. The third-order valence-electron chi connectivity index (χ3n) is 3.95. The molecule has 0 amide bonds. The molecule has 0 saturated carbocycles. The first-order chi connectivity index (χ1) is 10.2. The molecule has 4 heteroatoms. The summed E-state index contributed by atoms with van der Waals surface area (Å²) in [6.07, 6.45) is 0. The van der Waals surface area contributed by atoms with Crippen LogP contribution in [0.2, 0.25) is 0 Å². The predicted octanol–water partition coefficient (Wildman–Crippen LogP) is 3.35. The molecule has 2 aromatic rings. The van der Waals surface area contributed by atoms with E-state index in [0.29, 0.717) is 0 Å². The average molecular weight is 346 g/mol. The molecule has 0 unspecified atom stereocenters. The lowest BCUT2D eigenvalue weighted by Crippen LogP contribution is -2.46. The molecule has 0 bridgehead atoms. The molecule has 0 aliphatic carbocycles. The Balaban J connectivity index is 1.60. The van der Waals surface area contributed by atoms with Crippen LogP contribution in [0.1, 0.15) is 5.56 Å². The zero-order chi connectivity index (χ0) is 14.7. The van der Waals surface area contributed by atoms with Crippen LogP contribution in [0.5, 0.6) is 0 Å². The third-order valence-corrected chi connectivity index (χ3v) is 4.44. The monoisotopic (exact) mass is 345 g/mol. The van der Waals surface area contributed by atoms with Gasteiger partial charge >= 0.3 is 0 Å². The summed E-state index contributed by atoms with van der Waals surface area (Å²) in [4.78, 5) is 4.88. The van der Waals surface area contributed by atoms with E-state index in [2.05, 4.69) is 68.2 Å². The van der Waals surface area contributed by atoms with Crippen molar-refractivity contribution in [2.45, 2.75) is 6.54 Å². The highest BCUT2D eigenvalue weighted by Gasteiger charge is 2.18. The molecule has 0 aromatic heterocycles. The largest absolute Gasteiger partial charge is 0.397 e. The van der Waals surface area contributed by atoms with Crippen molar-refractivity contribution in [3.05, 3.63) is 58.6 Å². The first-order valence-corrected chi connectivity index (χ1v) is 8.08. The number of hydrogen-bond acceptors (Lipinski definition) is 3. The molecule has 1 aliphatic heterocycles. The lowest BCUT2D eigenvalue weighted by molar-refractivity contribution is 0.250. The van der Waals surface area contributed by atoms with Crippen LogP contribution in [0.4, 0.5) is 11.4 Å². The van der Waals surface area contributed by atoms with Gasteiger partial charge in [0.15, 0.2) is 0 Å². The van der Waals surface area contributed by atoms with Gasteiger partial charge in [-0.25, -0.2) is 0 Å². The van der Waals surface area contributed by atoms with E-state index >= 15 is 0 Å². The molecule has 1 heterocycles. The number of nitrogens with zero attached hydrogens (tertiary/aromatic N) is 2. The van der Waals surface area contributed by atoms with Gasteiger partial charge in [-0.2, -0.15) is 0 Å². The van der Waals surface area contributed by atoms with Crippen molar-refractivity contribution < 1.29 is 0 Å². The summed E-state index contributed by atoms with van der Waals surface area (Å²) < 4.78 is 1.03. The molecule has 110 valence electrons. The number of anilines is 2. The van der Waals surface area contributed by atoms with E-state index in [0.717, 1.165) is 48.6 Å². The molecule has 0 radical (unpaired) electrons. The number of nitrogen functional groups attached to an aromatic ring is 1. The highest BCUT2D eigenvalue weighted by molar-refractivity contribution is 9.10. The summed E-state index contributed by atoms with van der Waals surface area (Å²) in [5.41, 5.74) is 9.51. The maximum Gasteiger partial charge on any atom is 0.0601 e. The third kappa shape index (κ3) is 3.57. The molecular formula is C17H20BrN3. The highest BCUT2D eigenvalue weighted by atomic mass is 79.9. The van der Waals surface area contributed by atoms with Gasteiger partial charge in [-0.1, -0.05) is 46.3 Å². The van der Waals surface area contributed by atoms with Gasteiger partial charge in [0.2, 0.25) is 0 Å². The Morgan fingerprint density at radius 2 is 1.67 bits per heavy atom. The Kier molecular flexibility index (Phi) is 4.46. The van der Waals surface area contributed by atoms with E-state index in [1.807, 2.05) is 6.07 Å². The number of rotatable bonds is 3. The zero-order valence-electron chi connectivity index (χ0n) is 12.0. The van der Waals surface area contributed by atoms with Crippen molar-refractivity contribution in [3.8, 4) is 0 Å². The number of benzene rings is 2. The molecule has 21 heavy (non-hydrogen) atoms. The molecule has 2 N–H and O–H groups in total. The van der Waals surface area contributed by atoms with Gasteiger partial charge in [-0.3, -0.25) is 4.90 Å². The van der Waals surface area contributed by atoms with Crippen molar-refractivity contribution in [2.24, 2.45) is 0 Å². The Hall–Kier alpha value is -1.52. The molecular weight excluding hydrogens is 326 g/mol.